The van der Waals surface area contributed by atoms with E-state index in [2.05, 4.69) is 19.2 Å². The lowest BCUT2D eigenvalue weighted by Gasteiger charge is -2.11. The van der Waals surface area contributed by atoms with Crippen LogP contribution in [0.4, 0.5) is 5.69 Å². The number of carbonyl (C=O) groups is 1. The van der Waals surface area contributed by atoms with E-state index in [4.69, 9.17) is 10.5 Å². The molecule has 0 saturated heterocycles. The van der Waals surface area contributed by atoms with Gasteiger partial charge in [0.1, 0.15) is 12.4 Å². The number of ether oxygens (including phenoxy) is 1. The lowest BCUT2D eigenvalue weighted by Crippen LogP contribution is -2.15. The minimum atomic E-state index is 0.0663. The number of rotatable bonds is 8. The molecule has 0 bridgehead atoms. The van der Waals surface area contributed by atoms with E-state index in [1.807, 2.05) is 24.3 Å². The van der Waals surface area contributed by atoms with E-state index in [0.717, 1.165) is 24.3 Å². The fraction of sp³-hybridized carbons (Fsp3) is 0.533. The molecule has 1 aromatic rings. The van der Waals surface area contributed by atoms with Crippen LogP contribution in [-0.4, -0.2) is 19.1 Å². The Bertz CT molecular complexity index is 376. The van der Waals surface area contributed by atoms with E-state index in [1.165, 1.54) is 0 Å². The van der Waals surface area contributed by atoms with Gasteiger partial charge in [-0.25, -0.2) is 0 Å². The summed E-state index contributed by atoms with van der Waals surface area (Å²) in [4.78, 5) is 11.8. The van der Waals surface area contributed by atoms with E-state index < -0.39 is 0 Å². The summed E-state index contributed by atoms with van der Waals surface area (Å²) in [5, 5.41) is 2.90. The molecule has 1 aromatic carbocycles. The molecule has 0 aliphatic rings. The number of hydrogen-bond acceptors (Lipinski definition) is 3. The van der Waals surface area contributed by atoms with E-state index in [-0.39, 0.29) is 5.91 Å². The number of nitrogens with two attached hydrogens (primary N) is 1. The SMILES string of the molecule is CCCC(C)CC(=O)Nc1ccc(OCCN)cc1. The van der Waals surface area contributed by atoms with Crippen LogP contribution < -0.4 is 15.8 Å². The van der Waals surface area contributed by atoms with Gasteiger partial charge >= 0.3 is 0 Å². The third-order valence-electron chi connectivity index (χ3n) is 2.84. The third kappa shape index (κ3) is 6.25. The van der Waals surface area contributed by atoms with Crippen LogP contribution in [0.3, 0.4) is 0 Å². The monoisotopic (exact) mass is 264 g/mol. The zero-order valence-electron chi connectivity index (χ0n) is 11.8. The van der Waals surface area contributed by atoms with Crippen molar-refractivity contribution in [2.45, 2.75) is 33.1 Å². The largest absolute Gasteiger partial charge is 0.492 e. The highest BCUT2D eigenvalue weighted by Crippen LogP contribution is 2.17. The summed E-state index contributed by atoms with van der Waals surface area (Å²) in [5.74, 6) is 1.26. The molecule has 0 aliphatic carbocycles. The molecule has 106 valence electrons. The Balaban J connectivity index is 2.42. The second-order valence-corrected chi connectivity index (χ2v) is 4.81. The fourth-order valence-corrected chi connectivity index (χ4v) is 1.93. The minimum absolute atomic E-state index is 0.0663. The summed E-state index contributed by atoms with van der Waals surface area (Å²) in [7, 11) is 0. The highest BCUT2D eigenvalue weighted by Gasteiger charge is 2.08. The first-order chi connectivity index (χ1) is 9.15. The van der Waals surface area contributed by atoms with Crippen molar-refractivity contribution in [1.82, 2.24) is 0 Å². The van der Waals surface area contributed by atoms with Gasteiger partial charge in [-0.15, -0.1) is 0 Å². The van der Waals surface area contributed by atoms with Gasteiger partial charge in [0.05, 0.1) is 0 Å². The topological polar surface area (TPSA) is 64.3 Å². The quantitative estimate of drug-likeness (QED) is 0.759. The van der Waals surface area contributed by atoms with Crippen molar-refractivity contribution < 1.29 is 9.53 Å². The molecule has 1 amide bonds. The highest BCUT2D eigenvalue weighted by molar-refractivity contribution is 5.90. The van der Waals surface area contributed by atoms with Crippen molar-refractivity contribution in [1.29, 1.82) is 0 Å². The molecule has 0 spiro atoms. The Kier molecular flexibility index (Phi) is 6.97. The number of carbonyl (C=O) groups excluding carboxylic acids is 1. The van der Waals surface area contributed by atoms with Crippen molar-refractivity contribution in [3.05, 3.63) is 24.3 Å². The maximum Gasteiger partial charge on any atom is 0.224 e. The Labute approximate surface area is 115 Å². The van der Waals surface area contributed by atoms with Crippen molar-refractivity contribution in [2.24, 2.45) is 11.7 Å². The van der Waals surface area contributed by atoms with Gasteiger partial charge in [0.25, 0.3) is 0 Å². The summed E-state index contributed by atoms with van der Waals surface area (Å²) in [5.41, 5.74) is 6.16. The first kappa shape index (κ1) is 15.5. The number of benzene rings is 1. The highest BCUT2D eigenvalue weighted by atomic mass is 16.5. The molecule has 4 nitrogen and oxygen atoms in total. The van der Waals surface area contributed by atoms with Gasteiger partial charge in [-0.1, -0.05) is 26.7 Å². The number of hydrogen-bond donors (Lipinski definition) is 2. The molecule has 1 unspecified atom stereocenters. The molecule has 0 aromatic heterocycles. The summed E-state index contributed by atoms with van der Waals surface area (Å²) >= 11 is 0. The number of amides is 1. The van der Waals surface area contributed by atoms with Crippen LogP contribution in [-0.2, 0) is 4.79 Å². The van der Waals surface area contributed by atoms with Crippen LogP contribution in [0.2, 0.25) is 0 Å². The normalized spacial score (nSPS) is 11.9. The Morgan fingerprint density at radius 2 is 2.05 bits per heavy atom. The smallest absolute Gasteiger partial charge is 0.224 e. The molecule has 1 atom stereocenters. The first-order valence-corrected chi connectivity index (χ1v) is 6.88. The van der Waals surface area contributed by atoms with E-state index >= 15 is 0 Å². The van der Waals surface area contributed by atoms with Crippen LogP contribution >= 0.6 is 0 Å². The average Bonchev–Trinajstić information content (AvgIpc) is 2.38. The van der Waals surface area contributed by atoms with E-state index in [1.54, 1.807) is 0 Å². The third-order valence-corrected chi connectivity index (χ3v) is 2.84. The van der Waals surface area contributed by atoms with Crippen LogP contribution in [0.1, 0.15) is 33.1 Å². The molecule has 4 heteroatoms. The maximum atomic E-state index is 11.8. The standard InChI is InChI=1S/C15H24N2O2/c1-3-4-12(2)11-15(18)17-13-5-7-14(8-6-13)19-10-9-16/h5-8,12H,3-4,9-11,16H2,1-2H3,(H,17,18). The molecule has 0 fully saturated rings. The lowest BCUT2D eigenvalue weighted by atomic mass is 10.0. The van der Waals surface area contributed by atoms with E-state index in [0.29, 0.717) is 25.5 Å². The number of nitrogens with one attached hydrogen (secondary N) is 1. The second kappa shape index (κ2) is 8.53. The lowest BCUT2D eigenvalue weighted by molar-refractivity contribution is -0.117. The van der Waals surface area contributed by atoms with Gasteiger partial charge in [-0.3, -0.25) is 4.79 Å². The molecule has 0 heterocycles. The van der Waals surface area contributed by atoms with Gasteiger partial charge in [0, 0.05) is 18.7 Å². The zero-order chi connectivity index (χ0) is 14.1. The van der Waals surface area contributed by atoms with Crippen molar-refractivity contribution >= 4 is 11.6 Å². The van der Waals surface area contributed by atoms with Gasteiger partial charge < -0.3 is 15.8 Å². The molecule has 3 N–H and O–H groups in total. The Hall–Kier alpha value is -1.55. The van der Waals surface area contributed by atoms with Gasteiger partial charge in [0.2, 0.25) is 5.91 Å². The van der Waals surface area contributed by atoms with Crippen LogP contribution in [0.5, 0.6) is 5.75 Å². The van der Waals surface area contributed by atoms with Crippen LogP contribution in [0, 0.1) is 5.92 Å². The molecule has 1 rings (SSSR count). The predicted octanol–water partition coefficient (Wildman–Crippen LogP) is 2.79. The molecule has 0 saturated carbocycles. The molecular weight excluding hydrogens is 240 g/mol. The van der Waals surface area contributed by atoms with Crippen molar-refractivity contribution in [3.63, 3.8) is 0 Å². The minimum Gasteiger partial charge on any atom is -0.492 e. The zero-order valence-corrected chi connectivity index (χ0v) is 11.8. The van der Waals surface area contributed by atoms with E-state index in [9.17, 15) is 4.79 Å². The maximum absolute atomic E-state index is 11.8. The fourth-order valence-electron chi connectivity index (χ4n) is 1.93. The Morgan fingerprint density at radius 1 is 1.37 bits per heavy atom. The number of anilines is 1. The second-order valence-electron chi connectivity index (χ2n) is 4.81. The Morgan fingerprint density at radius 3 is 2.63 bits per heavy atom. The van der Waals surface area contributed by atoms with Gasteiger partial charge in [0.15, 0.2) is 0 Å². The summed E-state index contributed by atoms with van der Waals surface area (Å²) < 4.78 is 5.37. The first-order valence-electron chi connectivity index (χ1n) is 6.88. The van der Waals surface area contributed by atoms with Crippen molar-refractivity contribution in [2.75, 3.05) is 18.5 Å². The average molecular weight is 264 g/mol. The summed E-state index contributed by atoms with van der Waals surface area (Å²) in [6.07, 6.45) is 2.76. The predicted molar refractivity (Wildman–Crippen MR) is 78.3 cm³/mol. The summed E-state index contributed by atoms with van der Waals surface area (Å²) in [6, 6.07) is 7.35. The summed E-state index contributed by atoms with van der Waals surface area (Å²) in [6.45, 7) is 5.23. The molecule has 0 radical (unpaired) electrons. The van der Waals surface area contributed by atoms with Gasteiger partial charge in [-0.2, -0.15) is 0 Å². The van der Waals surface area contributed by atoms with Crippen LogP contribution in [0.15, 0.2) is 24.3 Å². The van der Waals surface area contributed by atoms with Gasteiger partial charge in [-0.05, 0) is 30.2 Å². The van der Waals surface area contributed by atoms with Crippen LogP contribution in [0.25, 0.3) is 0 Å². The van der Waals surface area contributed by atoms with Crippen molar-refractivity contribution in [3.8, 4) is 5.75 Å². The molecular formula is C15H24N2O2. The molecule has 0 aliphatic heterocycles. The molecule has 19 heavy (non-hydrogen) atoms.